The maximum absolute atomic E-state index is 6.07. The molecule has 80 valence electrons. The molecule has 0 fully saturated rings. The zero-order chi connectivity index (χ0) is 10.8. The van der Waals surface area contributed by atoms with E-state index in [1.165, 1.54) is 0 Å². The van der Waals surface area contributed by atoms with E-state index in [-0.39, 0.29) is 0 Å². The fourth-order valence-electron chi connectivity index (χ4n) is 1.44. The SMILES string of the molecule is CCc1cc(Cl)n2nc(COC)nc2c1. The van der Waals surface area contributed by atoms with Crippen LogP contribution in [0.5, 0.6) is 0 Å². The Morgan fingerprint density at radius 3 is 2.93 bits per heavy atom. The number of rotatable bonds is 3. The Labute approximate surface area is 92.8 Å². The molecule has 0 bridgehead atoms. The van der Waals surface area contributed by atoms with Gasteiger partial charge in [-0.05, 0) is 24.1 Å². The molecule has 2 aromatic heterocycles. The molecule has 0 spiro atoms. The standard InChI is InChI=1S/C10H12ClN3O/c1-3-7-4-8(11)14-10(5-7)12-9(13-14)6-15-2/h4-5H,3,6H2,1-2H3. The minimum absolute atomic E-state index is 0.402. The Hall–Kier alpha value is -1.13. The molecular weight excluding hydrogens is 214 g/mol. The number of aromatic nitrogens is 3. The number of fused-ring (bicyclic) bond motifs is 1. The monoisotopic (exact) mass is 225 g/mol. The summed E-state index contributed by atoms with van der Waals surface area (Å²) in [5, 5.41) is 4.81. The van der Waals surface area contributed by atoms with E-state index in [4.69, 9.17) is 16.3 Å². The second-order valence-corrected chi connectivity index (χ2v) is 3.66. The summed E-state index contributed by atoms with van der Waals surface area (Å²) < 4.78 is 6.59. The van der Waals surface area contributed by atoms with Crippen LogP contribution in [0, 0.1) is 0 Å². The summed E-state index contributed by atoms with van der Waals surface area (Å²) >= 11 is 6.07. The Kier molecular flexibility index (Phi) is 2.88. The molecule has 2 aromatic rings. The molecule has 4 nitrogen and oxygen atoms in total. The third-order valence-electron chi connectivity index (χ3n) is 2.18. The van der Waals surface area contributed by atoms with Gasteiger partial charge in [0.15, 0.2) is 11.5 Å². The van der Waals surface area contributed by atoms with Crippen LogP contribution < -0.4 is 0 Å². The highest BCUT2D eigenvalue weighted by Gasteiger charge is 2.07. The maximum Gasteiger partial charge on any atom is 0.177 e. The smallest absolute Gasteiger partial charge is 0.177 e. The minimum Gasteiger partial charge on any atom is -0.377 e. The zero-order valence-electron chi connectivity index (χ0n) is 8.70. The van der Waals surface area contributed by atoms with Gasteiger partial charge in [0.1, 0.15) is 11.8 Å². The fourth-order valence-corrected chi connectivity index (χ4v) is 1.70. The first-order valence-electron chi connectivity index (χ1n) is 4.77. The van der Waals surface area contributed by atoms with Gasteiger partial charge < -0.3 is 4.74 Å². The van der Waals surface area contributed by atoms with Gasteiger partial charge in [-0.15, -0.1) is 5.10 Å². The quantitative estimate of drug-likeness (QED) is 0.751. The van der Waals surface area contributed by atoms with Gasteiger partial charge in [-0.2, -0.15) is 0 Å². The molecule has 2 rings (SSSR count). The van der Waals surface area contributed by atoms with Crippen LogP contribution in [0.3, 0.4) is 0 Å². The number of nitrogens with zero attached hydrogens (tertiary/aromatic N) is 3. The van der Waals surface area contributed by atoms with Crippen molar-refractivity contribution in [3.63, 3.8) is 0 Å². The van der Waals surface area contributed by atoms with Crippen molar-refractivity contribution in [1.82, 2.24) is 14.6 Å². The molecular formula is C10H12ClN3O. The molecule has 0 saturated heterocycles. The van der Waals surface area contributed by atoms with Crippen molar-refractivity contribution in [3.8, 4) is 0 Å². The summed E-state index contributed by atoms with van der Waals surface area (Å²) in [6.07, 6.45) is 0.933. The average Bonchev–Trinajstić information content (AvgIpc) is 2.61. The van der Waals surface area contributed by atoms with Crippen LogP contribution in [-0.4, -0.2) is 21.7 Å². The van der Waals surface area contributed by atoms with Gasteiger partial charge in [-0.3, -0.25) is 0 Å². The van der Waals surface area contributed by atoms with Gasteiger partial charge >= 0.3 is 0 Å². The number of halogens is 1. The van der Waals surface area contributed by atoms with Gasteiger partial charge in [0, 0.05) is 7.11 Å². The first kappa shape index (κ1) is 10.4. The predicted molar refractivity (Wildman–Crippen MR) is 58.1 cm³/mol. The molecule has 0 saturated carbocycles. The molecule has 15 heavy (non-hydrogen) atoms. The lowest BCUT2D eigenvalue weighted by Gasteiger charge is -1.99. The Morgan fingerprint density at radius 1 is 1.47 bits per heavy atom. The lowest BCUT2D eigenvalue weighted by atomic mass is 10.2. The summed E-state index contributed by atoms with van der Waals surface area (Å²) in [7, 11) is 1.62. The highest BCUT2D eigenvalue weighted by atomic mass is 35.5. The van der Waals surface area contributed by atoms with Crippen molar-refractivity contribution in [2.24, 2.45) is 0 Å². The molecule has 0 N–H and O–H groups in total. The predicted octanol–water partition coefficient (Wildman–Crippen LogP) is 2.09. The third kappa shape index (κ3) is 1.96. The molecule has 0 amide bonds. The third-order valence-corrected chi connectivity index (χ3v) is 2.45. The topological polar surface area (TPSA) is 39.4 Å². The van der Waals surface area contributed by atoms with Crippen LogP contribution in [0.15, 0.2) is 12.1 Å². The van der Waals surface area contributed by atoms with Crippen LogP contribution in [-0.2, 0) is 17.8 Å². The van der Waals surface area contributed by atoms with Gasteiger partial charge in [-0.1, -0.05) is 18.5 Å². The minimum atomic E-state index is 0.402. The second-order valence-electron chi connectivity index (χ2n) is 3.27. The van der Waals surface area contributed by atoms with Crippen molar-refractivity contribution < 1.29 is 4.74 Å². The molecule has 0 unspecified atom stereocenters. The lowest BCUT2D eigenvalue weighted by Crippen LogP contribution is -1.93. The van der Waals surface area contributed by atoms with Crippen LogP contribution in [0.4, 0.5) is 0 Å². The van der Waals surface area contributed by atoms with E-state index < -0.39 is 0 Å². The van der Waals surface area contributed by atoms with Gasteiger partial charge in [0.05, 0.1) is 0 Å². The van der Waals surface area contributed by atoms with E-state index in [2.05, 4.69) is 17.0 Å². The van der Waals surface area contributed by atoms with Crippen molar-refractivity contribution in [2.45, 2.75) is 20.0 Å². The van der Waals surface area contributed by atoms with E-state index in [0.29, 0.717) is 17.6 Å². The summed E-state index contributed by atoms with van der Waals surface area (Å²) in [5.74, 6) is 0.646. The normalized spacial score (nSPS) is 11.1. The van der Waals surface area contributed by atoms with Crippen molar-refractivity contribution in [3.05, 3.63) is 28.7 Å². The molecule has 0 aromatic carbocycles. The van der Waals surface area contributed by atoms with Crippen LogP contribution in [0.2, 0.25) is 5.15 Å². The fraction of sp³-hybridized carbons (Fsp3) is 0.400. The Balaban J connectivity index is 2.54. The summed E-state index contributed by atoms with van der Waals surface area (Å²) in [6, 6.07) is 3.89. The summed E-state index contributed by atoms with van der Waals surface area (Å²) in [4.78, 5) is 4.31. The van der Waals surface area contributed by atoms with E-state index >= 15 is 0 Å². The number of hydrogen-bond acceptors (Lipinski definition) is 3. The zero-order valence-corrected chi connectivity index (χ0v) is 9.45. The van der Waals surface area contributed by atoms with Gasteiger partial charge in [0.25, 0.3) is 0 Å². The number of aryl methyl sites for hydroxylation is 1. The Morgan fingerprint density at radius 2 is 2.27 bits per heavy atom. The van der Waals surface area contributed by atoms with Crippen LogP contribution >= 0.6 is 11.6 Å². The Bertz CT molecular complexity index is 481. The van der Waals surface area contributed by atoms with Crippen molar-refractivity contribution in [1.29, 1.82) is 0 Å². The largest absolute Gasteiger partial charge is 0.377 e. The first-order chi connectivity index (χ1) is 7.24. The average molecular weight is 226 g/mol. The highest BCUT2D eigenvalue weighted by molar-refractivity contribution is 6.29. The molecule has 2 heterocycles. The van der Waals surface area contributed by atoms with Crippen LogP contribution in [0.1, 0.15) is 18.3 Å². The number of methoxy groups -OCH3 is 1. The number of hydrogen-bond donors (Lipinski definition) is 0. The van der Waals surface area contributed by atoms with E-state index in [9.17, 15) is 0 Å². The van der Waals surface area contributed by atoms with Crippen molar-refractivity contribution in [2.75, 3.05) is 7.11 Å². The van der Waals surface area contributed by atoms with E-state index in [0.717, 1.165) is 17.6 Å². The number of pyridine rings is 1. The summed E-state index contributed by atoms with van der Waals surface area (Å²) in [6.45, 7) is 2.48. The van der Waals surface area contributed by atoms with E-state index in [1.807, 2.05) is 12.1 Å². The first-order valence-corrected chi connectivity index (χ1v) is 5.15. The maximum atomic E-state index is 6.07. The highest BCUT2D eigenvalue weighted by Crippen LogP contribution is 2.15. The van der Waals surface area contributed by atoms with E-state index in [1.54, 1.807) is 11.6 Å². The number of ether oxygens (including phenoxy) is 1. The van der Waals surface area contributed by atoms with Gasteiger partial charge in [0.2, 0.25) is 0 Å². The molecule has 0 atom stereocenters. The van der Waals surface area contributed by atoms with Gasteiger partial charge in [-0.25, -0.2) is 9.50 Å². The summed E-state index contributed by atoms with van der Waals surface area (Å²) in [5.41, 5.74) is 1.93. The molecule has 5 heteroatoms. The second kappa shape index (κ2) is 4.16. The van der Waals surface area contributed by atoms with Crippen molar-refractivity contribution >= 4 is 17.2 Å². The molecule has 0 aliphatic rings. The molecule has 0 aliphatic heterocycles. The van der Waals surface area contributed by atoms with Crippen LogP contribution in [0.25, 0.3) is 5.65 Å². The molecule has 0 aliphatic carbocycles. The molecule has 0 radical (unpaired) electrons. The lowest BCUT2D eigenvalue weighted by molar-refractivity contribution is 0.178.